The van der Waals surface area contributed by atoms with Gasteiger partial charge in [-0.05, 0) is 64.2 Å². The zero-order chi connectivity index (χ0) is 34.0. The van der Waals surface area contributed by atoms with E-state index in [9.17, 15) is 14.2 Å². The largest absolute Gasteiger partial charge is 0.469 e. The third-order valence-electron chi connectivity index (χ3n) is 7.94. The third kappa shape index (κ3) is 35.4. The van der Waals surface area contributed by atoms with Gasteiger partial charge >= 0.3 is 19.8 Å². The van der Waals surface area contributed by atoms with Crippen molar-refractivity contribution in [3.63, 3.8) is 0 Å². The summed E-state index contributed by atoms with van der Waals surface area (Å²) < 4.78 is 26.3. The minimum Gasteiger partial charge on any atom is -0.462 e. The first-order valence-electron chi connectivity index (χ1n) is 18.6. The molecule has 0 saturated carbocycles. The zero-order valence-corrected chi connectivity index (χ0v) is 30.4. The molecular weight excluding hydrogens is 603 g/mol. The van der Waals surface area contributed by atoms with Crippen molar-refractivity contribution < 1.29 is 37.9 Å². The Labute approximate surface area is 281 Å². The molecule has 0 saturated heterocycles. The monoisotopic (exact) mass is 672 g/mol. The molecule has 270 valence electrons. The first kappa shape index (κ1) is 44.5. The molecule has 0 rings (SSSR count). The van der Waals surface area contributed by atoms with E-state index < -0.39 is 32.5 Å². The van der Waals surface area contributed by atoms with E-state index in [4.69, 9.17) is 19.3 Å². The molecule has 8 nitrogen and oxygen atoms in total. The highest BCUT2D eigenvalue weighted by Crippen LogP contribution is 2.36. The summed E-state index contributed by atoms with van der Waals surface area (Å²) in [5.41, 5.74) is 0. The highest BCUT2D eigenvalue weighted by Gasteiger charge is 2.22. The van der Waals surface area contributed by atoms with Crippen LogP contribution in [0.1, 0.15) is 181 Å². The lowest BCUT2D eigenvalue weighted by Crippen LogP contribution is -2.29. The summed E-state index contributed by atoms with van der Waals surface area (Å²) in [5, 5.41) is 0. The van der Waals surface area contributed by atoms with Gasteiger partial charge < -0.3 is 19.3 Å². The van der Waals surface area contributed by atoms with Gasteiger partial charge in [0.2, 0.25) is 0 Å². The van der Waals surface area contributed by atoms with E-state index in [1.807, 2.05) is 0 Å². The van der Waals surface area contributed by atoms with Crippen LogP contribution in [0.4, 0.5) is 0 Å². The van der Waals surface area contributed by atoms with E-state index >= 15 is 0 Å². The second kappa shape index (κ2) is 33.4. The maximum atomic E-state index is 12.3. The van der Waals surface area contributed by atoms with Gasteiger partial charge in [-0.1, -0.05) is 128 Å². The van der Waals surface area contributed by atoms with Gasteiger partial charge in [-0.25, -0.2) is 4.57 Å². The second-order valence-electron chi connectivity index (χ2n) is 12.5. The predicted molar refractivity (Wildman–Crippen MR) is 189 cm³/mol. The van der Waals surface area contributed by atoms with Crippen LogP contribution >= 0.6 is 7.82 Å². The molecule has 9 heteroatoms. The Hall–Kier alpha value is -1.47. The smallest absolute Gasteiger partial charge is 0.462 e. The molecule has 0 fully saturated rings. The van der Waals surface area contributed by atoms with Gasteiger partial charge in [-0.2, -0.15) is 0 Å². The molecule has 0 heterocycles. The highest BCUT2D eigenvalue weighted by molar-refractivity contribution is 7.46. The number of hydrogen-bond donors (Lipinski definition) is 2. The van der Waals surface area contributed by atoms with Crippen molar-refractivity contribution in [3.05, 3.63) is 24.3 Å². The topological polar surface area (TPSA) is 119 Å². The molecule has 0 aromatic heterocycles. The lowest BCUT2D eigenvalue weighted by molar-refractivity contribution is -0.161. The number of allylic oxidation sites excluding steroid dienone is 4. The fourth-order valence-corrected chi connectivity index (χ4v) is 5.49. The normalized spacial score (nSPS) is 12.7. The van der Waals surface area contributed by atoms with Crippen LogP contribution in [0.5, 0.6) is 0 Å². The molecular formula is C37H69O8P. The Kier molecular flexibility index (Phi) is 32.4. The van der Waals surface area contributed by atoms with E-state index in [2.05, 4.69) is 42.7 Å². The Morgan fingerprint density at radius 1 is 0.543 bits per heavy atom. The predicted octanol–water partition coefficient (Wildman–Crippen LogP) is 10.8. The van der Waals surface area contributed by atoms with Crippen molar-refractivity contribution in [2.75, 3.05) is 13.2 Å². The number of carbonyl (C=O) groups excluding carboxylic acids is 2. The summed E-state index contributed by atoms with van der Waals surface area (Å²) >= 11 is 0. The fourth-order valence-electron chi connectivity index (χ4n) is 5.13. The summed E-state index contributed by atoms with van der Waals surface area (Å²) in [6.45, 7) is 3.64. The van der Waals surface area contributed by atoms with Crippen LogP contribution in [0.15, 0.2) is 24.3 Å². The molecule has 0 aromatic rings. The lowest BCUT2D eigenvalue weighted by atomic mass is 10.1. The molecule has 0 aromatic carbocycles. The van der Waals surface area contributed by atoms with Crippen LogP contribution in [0.2, 0.25) is 0 Å². The molecule has 0 spiro atoms. The quantitative estimate of drug-likeness (QED) is 0.0300. The van der Waals surface area contributed by atoms with Crippen LogP contribution in [-0.2, 0) is 28.2 Å². The number of hydrogen-bond acceptors (Lipinski definition) is 6. The summed E-state index contributed by atoms with van der Waals surface area (Å²) in [7, 11) is -4.75. The minimum absolute atomic E-state index is 0.201. The molecule has 1 atom stereocenters. The number of carbonyl (C=O) groups is 2. The van der Waals surface area contributed by atoms with E-state index in [1.165, 1.54) is 77.0 Å². The first-order chi connectivity index (χ1) is 22.3. The van der Waals surface area contributed by atoms with Gasteiger partial charge in [-0.15, -0.1) is 0 Å². The Bertz CT molecular complexity index is 807. The van der Waals surface area contributed by atoms with Gasteiger partial charge in [0.1, 0.15) is 6.61 Å². The fraction of sp³-hybridized carbons (Fsp3) is 0.838. The molecule has 0 bridgehead atoms. The van der Waals surface area contributed by atoms with Crippen LogP contribution < -0.4 is 0 Å². The van der Waals surface area contributed by atoms with Crippen LogP contribution in [-0.4, -0.2) is 41.0 Å². The van der Waals surface area contributed by atoms with Crippen LogP contribution in [0, 0.1) is 0 Å². The number of rotatable bonds is 34. The van der Waals surface area contributed by atoms with Crippen molar-refractivity contribution in [2.45, 2.75) is 187 Å². The van der Waals surface area contributed by atoms with Crippen molar-refractivity contribution in [1.82, 2.24) is 0 Å². The maximum Gasteiger partial charge on any atom is 0.469 e. The van der Waals surface area contributed by atoms with Crippen molar-refractivity contribution in [3.8, 4) is 0 Å². The SMILES string of the molecule is CCCCCC/C=C\CCCCCCCC(=O)O[C@H](COC(=O)CCCCCCC/C=C\CCCCCCCC)COP(=O)(O)O. The molecule has 0 aliphatic heterocycles. The molecule has 46 heavy (non-hydrogen) atoms. The van der Waals surface area contributed by atoms with Crippen LogP contribution in [0.25, 0.3) is 0 Å². The average molecular weight is 673 g/mol. The van der Waals surface area contributed by atoms with Crippen molar-refractivity contribution >= 4 is 19.8 Å². The number of phosphoric ester groups is 1. The Balaban J connectivity index is 3.99. The van der Waals surface area contributed by atoms with E-state index in [1.54, 1.807) is 0 Å². The van der Waals surface area contributed by atoms with Gasteiger partial charge in [0.05, 0.1) is 6.61 Å². The molecule has 0 aliphatic carbocycles. The Morgan fingerprint density at radius 2 is 0.913 bits per heavy atom. The summed E-state index contributed by atoms with van der Waals surface area (Å²) in [6, 6.07) is 0. The number of unbranched alkanes of at least 4 members (excludes halogenated alkanes) is 20. The average Bonchev–Trinajstić information content (AvgIpc) is 3.02. The third-order valence-corrected chi connectivity index (χ3v) is 8.43. The van der Waals surface area contributed by atoms with Gasteiger partial charge in [0.15, 0.2) is 6.10 Å². The number of ether oxygens (including phenoxy) is 2. The summed E-state index contributed by atoms with van der Waals surface area (Å²) in [6.07, 6.45) is 36.1. The summed E-state index contributed by atoms with van der Waals surface area (Å²) in [4.78, 5) is 42.6. The van der Waals surface area contributed by atoms with E-state index in [-0.39, 0.29) is 19.4 Å². The summed E-state index contributed by atoms with van der Waals surface area (Å²) in [5.74, 6) is -0.903. The number of esters is 2. The molecule has 0 unspecified atom stereocenters. The standard InChI is InChI=1S/C37H69O8P/c1-3-5-7-9-11-13-15-17-18-20-21-23-25-27-29-31-36(38)43-33-35(34-44-46(40,41)42)45-37(39)32-30-28-26-24-22-19-16-14-12-10-8-6-4-2/h14,16-18,35H,3-13,15,19-34H2,1-2H3,(H2,40,41,42)/b16-14-,18-17-/t35-/m1/s1. The minimum atomic E-state index is -4.75. The maximum absolute atomic E-state index is 12.3. The van der Waals surface area contributed by atoms with Gasteiger partial charge in [0.25, 0.3) is 0 Å². The van der Waals surface area contributed by atoms with Gasteiger partial charge in [0, 0.05) is 12.8 Å². The second-order valence-corrected chi connectivity index (χ2v) is 13.8. The van der Waals surface area contributed by atoms with Gasteiger partial charge in [-0.3, -0.25) is 14.1 Å². The van der Waals surface area contributed by atoms with E-state index in [0.717, 1.165) is 64.2 Å². The first-order valence-corrected chi connectivity index (χ1v) is 20.2. The van der Waals surface area contributed by atoms with Crippen molar-refractivity contribution in [1.29, 1.82) is 0 Å². The van der Waals surface area contributed by atoms with E-state index in [0.29, 0.717) is 12.8 Å². The lowest BCUT2D eigenvalue weighted by Gasteiger charge is -2.18. The van der Waals surface area contributed by atoms with Crippen LogP contribution in [0.3, 0.4) is 0 Å². The number of phosphoric acid groups is 1. The molecule has 0 aliphatic rings. The molecule has 0 radical (unpaired) electrons. The zero-order valence-electron chi connectivity index (χ0n) is 29.5. The Morgan fingerprint density at radius 3 is 1.35 bits per heavy atom. The molecule has 2 N–H and O–H groups in total. The molecule has 0 amide bonds. The van der Waals surface area contributed by atoms with Crippen molar-refractivity contribution in [2.24, 2.45) is 0 Å². The highest BCUT2D eigenvalue weighted by atomic mass is 31.2.